The molecule has 0 saturated carbocycles. The van der Waals surface area contributed by atoms with E-state index >= 15 is 0 Å². The van der Waals surface area contributed by atoms with Gasteiger partial charge in [-0.1, -0.05) is 24.3 Å². The van der Waals surface area contributed by atoms with Crippen molar-refractivity contribution in [2.24, 2.45) is 0 Å². The smallest absolute Gasteiger partial charge is 0.244 e. The van der Waals surface area contributed by atoms with E-state index in [1.54, 1.807) is 27.2 Å². The maximum atomic E-state index is 12.7. The van der Waals surface area contributed by atoms with E-state index in [4.69, 9.17) is 9.47 Å². The van der Waals surface area contributed by atoms with E-state index in [2.05, 4.69) is 15.5 Å². The minimum atomic E-state index is -0.645. The molecular weight excluding hydrogens is 418 g/mol. The lowest BCUT2D eigenvalue weighted by atomic mass is 10.0. The highest BCUT2D eigenvalue weighted by Crippen LogP contribution is 2.26. The SMILES string of the molecule is COc1ccc(/C=C/C(=O)NC(C)C(=O)NCC(c2ccc(OC)cc2)N2CCCC2)cc1. The fourth-order valence-corrected chi connectivity index (χ4v) is 3.90. The van der Waals surface area contributed by atoms with Crippen LogP contribution >= 0.6 is 0 Å². The maximum absolute atomic E-state index is 12.7. The minimum absolute atomic E-state index is 0.0835. The summed E-state index contributed by atoms with van der Waals surface area (Å²) in [6.45, 7) is 4.18. The van der Waals surface area contributed by atoms with Crippen LogP contribution in [0.2, 0.25) is 0 Å². The van der Waals surface area contributed by atoms with Crippen molar-refractivity contribution < 1.29 is 19.1 Å². The van der Waals surface area contributed by atoms with Crippen LogP contribution in [-0.2, 0) is 9.59 Å². The van der Waals surface area contributed by atoms with E-state index < -0.39 is 6.04 Å². The van der Waals surface area contributed by atoms with Crippen LogP contribution in [0, 0.1) is 0 Å². The van der Waals surface area contributed by atoms with Gasteiger partial charge in [-0.05, 0) is 74.3 Å². The third-order valence-corrected chi connectivity index (χ3v) is 5.85. The zero-order valence-electron chi connectivity index (χ0n) is 19.5. The predicted octanol–water partition coefficient (Wildman–Crippen LogP) is 3.18. The van der Waals surface area contributed by atoms with Gasteiger partial charge in [0.15, 0.2) is 0 Å². The second kappa shape index (κ2) is 12.1. The Balaban J connectivity index is 1.54. The van der Waals surface area contributed by atoms with Crippen molar-refractivity contribution in [1.29, 1.82) is 0 Å². The molecule has 0 bridgehead atoms. The monoisotopic (exact) mass is 451 g/mol. The average Bonchev–Trinajstić information content (AvgIpc) is 3.38. The molecule has 1 aliphatic rings. The lowest BCUT2D eigenvalue weighted by Gasteiger charge is -2.29. The van der Waals surface area contributed by atoms with E-state index in [9.17, 15) is 9.59 Å². The van der Waals surface area contributed by atoms with Gasteiger partial charge in [0.2, 0.25) is 11.8 Å². The molecule has 0 spiro atoms. The van der Waals surface area contributed by atoms with Gasteiger partial charge in [0.25, 0.3) is 0 Å². The average molecular weight is 452 g/mol. The third kappa shape index (κ3) is 7.08. The van der Waals surface area contributed by atoms with Crippen molar-refractivity contribution in [3.63, 3.8) is 0 Å². The summed E-state index contributed by atoms with van der Waals surface area (Å²) in [6.07, 6.45) is 5.45. The first kappa shape index (κ1) is 24.3. The van der Waals surface area contributed by atoms with Crippen molar-refractivity contribution in [3.05, 3.63) is 65.7 Å². The Morgan fingerprint density at radius 1 is 0.970 bits per heavy atom. The molecule has 2 aromatic carbocycles. The van der Waals surface area contributed by atoms with Gasteiger partial charge in [-0.15, -0.1) is 0 Å². The number of amides is 2. The summed E-state index contributed by atoms with van der Waals surface area (Å²) >= 11 is 0. The van der Waals surface area contributed by atoms with Crippen LogP contribution in [0.25, 0.3) is 6.08 Å². The number of methoxy groups -OCH3 is 2. The Kier molecular flexibility index (Phi) is 8.89. The van der Waals surface area contributed by atoms with Crippen LogP contribution < -0.4 is 20.1 Å². The molecule has 2 atom stereocenters. The Labute approximate surface area is 195 Å². The molecule has 1 heterocycles. The first-order valence-corrected chi connectivity index (χ1v) is 11.3. The van der Waals surface area contributed by atoms with Crippen molar-refractivity contribution in [1.82, 2.24) is 15.5 Å². The number of nitrogens with zero attached hydrogens (tertiary/aromatic N) is 1. The molecule has 176 valence electrons. The Morgan fingerprint density at radius 2 is 1.55 bits per heavy atom. The first-order chi connectivity index (χ1) is 16.0. The molecule has 0 radical (unpaired) electrons. The largest absolute Gasteiger partial charge is 0.497 e. The van der Waals surface area contributed by atoms with Crippen LogP contribution in [0.1, 0.15) is 36.9 Å². The number of hydrogen-bond donors (Lipinski definition) is 2. The van der Waals surface area contributed by atoms with Gasteiger partial charge in [-0.2, -0.15) is 0 Å². The summed E-state index contributed by atoms with van der Waals surface area (Å²) in [5, 5.41) is 5.74. The molecule has 0 aromatic heterocycles. The highest BCUT2D eigenvalue weighted by atomic mass is 16.5. The normalized spacial score (nSPS) is 15.7. The fourth-order valence-electron chi connectivity index (χ4n) is 3.90. The summed E-state index contributed by atoms with van der Waals surface area (Å²) < 4.78 is 10.4. The van der Waals surface area contributed by atoms with E-state index in [0.717, 1.165) is 48.6 Å². The highest BCUT2D eigenvalue weighted by Gasteiger charge is 2.25. The van der Waals surface area contributed by atoms with Gasteiger partial charge in [-0.25, -0.2) is 0 Å². The van der Waals surface area contributed by atoms with Crippen molar-refractivity contribution >= 4 is 17.9 Å². The molecule has 3 rings (SSSR count). The van der Waals surface area contributed by atoms with E-state index in [1.807, 2.05) is 48.5 Å². The maximum Gasteiger partial charge on any atom is 0.244 e. The molecule has 1 saturated heterocycles. The summed E-state index contributed by atoms with van der Waals surface area (Å²) in [5.41, 5.74) is 2.01. The quantitative estimate of drug-likeness (QED) is 0.543. The number of nitrogens with one attached hydrogen (secondary N) is 2. The van der Waals surface area contributed by atoms with Crippen molar-refractivity contribution in [3.8, 4) is 11.5 Å². The lowest BCUT2D eigenvalue weighted by Crippen LogP contribution is -2.46. The van der Waals surface area contributed by atoms with Crippen LogP contribution in [0.4, 0.5) is 0 Å². The standard InChI is InChI=1S/C26H33N3O4/c1-19(28-25(30)15-8-20-6-11-22(32-2)12-7-20)26(31)27-18-24(29-16-4-5-17-29)21-9-13-23(33-3)14-10-21/h6-15,19,24H,4-5,16-18H2,1-3H3,(H,27,31)(H,28,30)/b15-8+. The second-order valence-corrected chi connectivity index (χ2v) is 8.11. The number of carbonyl (C=O) groups excluding carboxylic acids is 2. The van der Waals surface area contributed by atoms with Gasteiger partial charge in [0.1, 0.15) is 17.5 Å². The van der Waals surface area contributed by atoms with Crippen LogP contribution in [0.3, 0.4) is 0 Å². The van der Waals surface area contributed by atoms with Crippen molar-refractivity contribution in [2.45, 2.75) is 31.8 Å². The summed E-state index contributed by atoms with van der Waals surface area (Å²) in [7, 11) is 3.25. The number of likely N-dealkylation sites (tertiary alicyclic amines) is 1. The minimum Gasteiger partial charge on any atom is -0.497 e. The Morgan fingerprint density at radius 3 is 2.12 bits per heavy atom. The zero-order valence-corrected chi connectivity index (χ0v) is 19.5. The summed E-state index contributed by atoms with van der Waals surface area (Å²) in [6, 6.07) is 14.8. The number of ether oxygens (including phenoxy) is 2. The molecule has 7 nitrogen and oxygen atoms in total. The van der Waals surface area contributed by atoms with Gasteiger partial charge in [0, 0.05) is 12.6 Å². The number of hydrogen-bond acceptors (Lipinski definition) is 5. The van der Waals surface area contributed by atoms with Gasteiger partial charge in [0.05, 0.1) is 20.3 Å². The molecule has 0 aliphatic carbocycles. The lowest BCUT2D eigenvalue weighted by molar-refractivity contribution is -0.126. The van der Waals surface area contributed by atoms with Gasteiger partial charge < -0.3 is 20.1 Å². The van der Waals surface area contributed by atoms with Crippen molar-refractivity contribution in [2.75, 3.05) is 33.9 Å². The zero-order chi connectivity index (χ0) is 23.6. The van der Waals surface area contributed by atoms with Gasteiger partial charge >= 0.3 is 0 Å². The highest BCUT2D eigenvalue weighted by molar-refractivity contribution is 5.95. The predicted molar refractivity (Wildman–Crippen MR) is 129 cm³/mol. The molecule has 2 N–H and O–H groups in total. The molecule has 7 heteroatoms. The molecule has 2 amide bonds. The van der Waals surface area contributed by atoms with Gasteiger partial charge in [-0.3, -0.25) is 14.5 Å². The number of rotatable bonds is 10. The molecule has 33 heavy (non-hydrogen) atoms. The molecular formula is C26H33N3O4. The Bertz CT molecular complexity index is 935. The van der Waals surface area contributed by atoms with Crippen LogP contribution in [0.5, 0.6) is 11.5 Å². The van der Waals surface area contributed by atoms with E-state index in [0.29, 0.717) is 6.54 Å². The summed E-state index contributed by atoms with van der Waals surface area (Å²) in [4.78, 5) is 27.3. The fraction of sp³-hybridized carbons (Fsp3) is 0.385. The molecule has 2 aromatic rings. The van der Waals surface area contributed by atoms with Crippen LogP contribution in [0.15, 0.2) is 54.6 Å². The molecule has 2 unspecified atom stereocenters. The molecule has 1 fully saturated rings. The third-order valence-electron chi connectivity index (χ3n) is 5.85. The second-order valence-electron chi connectivity index (χ2n) is 8.11. The Hall–Kier alpha value is -3.32. The number of carbonyl (C=O) groups is 2. The van der Waals surface area contributed by atoms with E-state index in [-0.39, 0.29) is 17.9 Å². The topological polar surface area (TPSA) is 79.9 Å². The van der Waals surface area contributed by atoms with E-state index in [1.165, 1.54) is 6.08 Å². The van der Waals surface area contributed by atoms with Crippen LogP contribution in [-0.4, -0.2) is 56.6 Å². The summed E-state index contributed by atoms with van der Waals surface area (Å²) in [5.74, 6) is 1.03. The first-order valence-electron chi connectivity index (χ1n) is 11.3. The molecule has 1 aliphatic heterocycles. The number of benzene rings is 2.